The summed E-state index contributed by atoms with van der Waals surface area (Å²) < 4.78 is 1.16. The van der Waals surface area contributed by atoms with Gasteiger partial charge in [-0.2, -0.15) is 5.10 Å². The fraction of sp³-hybridized carbons (Fsp3) is 0.333. The number of nitrogens with zero attached hydrogens (tertiary/aromatic N) is 2. The molecule has 2 rings (SSSR count). The summed E-state index contributed by atoms with van der Waals surface area (Å²) in [6.45, 7) is 0. The molecule has 6 heteroatoms. The third kappa shape index (κ3) is 2.64. The van der Waals surface area contributed by atoms with Gasteiger partial charge in [-0.25, -0.2) is 4.98 Å². The molecular weight excluding hydrogens is 276 g/mol. The molecule has 0 aliphatic rings. The molecule has 0 amide bonds. The molecule has 0 radical (unpaired) electrons. The highest BCUT2D eigenvalue weighted by Gasteiger charge is 2.13. The van der Waals surface area contributed by atoms with E-state index in [2.05, 4.69) is 48.6 Å². The highest BCUT2D eigenvalue weighted by atomic mass is 79.9. The molecule has 0 saturated carbocycles. The van der Waals surface area contributed by atoms with Crippen LogP contribution >= 0.6 is 27.3 Å². The fourth-order valence-electron chi connectivity index (χ4n) is 1.38. The van der Waals surface area contributed by atoms with Crippen molar-refractivity contribution in [2.45, 2.75) is 12.5 Å². The number of H-pyrrole nitrogens is 1. The Bertz CT molecular complexity index is 411. The minimum absolute atomic E-state index is 0.193. The third-order valence-electron chi connectivity index (χ3n) is 2.15. The van der Waals surface area contributed by atoms with E-state index in [9.17, 15) is 0 Å². The van der Waals surface area contributed by atoms with Gasteiger partial charge in [0.15, 0.2) is 0 Å². The van der Waals surface area contributed by atoms with Crippen LogP contribution in [0, 0.1) is 0 Å². The smallest absolute Gasteiger partial charge is 0.141 e. The number of rotatable bonds is 4. The second-order valence-electron chi connectivity index (χ2n) is 3.12. The van der Waals surface area contributed by atoms with E-state index >= 15 is 0 Å². The lowest BCUT2D eigenvalue weighted by Crippen LogP contribution is -2.19. The second-order valence-corrected chi connectivity index (χ2v) is 5.67. The Hall–Kier alpha value is -0.720. The summed E-state index contributed by atoms with van der Waals surface area (Å²) in [6.07, 6.45) is 2.45. The van der Waals surface area contributed by atoms with Crippen LogP contribution in [-0.4, -0.2) is 22.2 Å². The molecule has 0 fully saturated rings. The van der Waals surface area contributed by atoms with Gasteiger partial charge in [0.05, 0.1) is 9.83 Å². The maximum atomic E-state index is 4.15. The van der Waals surface area contributed by atoms with Crippen LogP contribution in [0.4, 0.5) is 0 Å². The Kier molecular flexibility index (Phi) is 3.50. The van der Waals surface area contributed by atoms with Gasteiger partial charge in [-0.15, -0.1) is 11.3 Å². The predicted molar refractivity (Wildman–Crippen MR) is 63.9 cm³/mol. The molecule has 0 aromatic carbocycles. The molecular formula is C9H11BrN4S. The van der Waals surface area contributed by atoms with Gasteiger partial charge in [0, 0.05) is 11.3 Å². The molecule has 0 aliphatic heterocycles. The van der Waals surface area contributed by atoms with Crippen LogP contribution < -0.4 is 5.32 Å². The van der Waals surface area contributed by atoms with E-state index in [1.54, 1.807) is 11.3 Å². The quantitative estimate of drug-likeness (QED) is 0.905. The largest absolute Gasteiger partial charge is 0.310 e. The van der Waals surface area contributed by atoms with Crippen molar-refractivity contribution in [1.82, 2.24) is 20.5 Å². The van der Waals surface area contributed by atoms with Gasteiger partial charge in [0.2, 0.25) is 0 Å². The molecule has 0 aliphatic carbocycles. The number of thiophene rings is 1. The highest BCUT2D eigenvalue weighted by molar-refractivity contribution is 9.11. The Balaban J connectivity index is 2.09. The molecule has 0 spiro atoms. The van der Waals surface area contributed by atoms with E-state index < -0.39 is 0 Å². The molecule has 1 atom stereocenters. The minimum atomic E-state index is 0.193. The number of likely N-dealkylation sites (N-methyl/N-ethyl adjacent to an activating group) is 1. The van der Waals surface area contributed by atoms with Gasteiger partial charge in [0.25, 0.3) is 0 Å². The summed E-state index contributed by atoms with van der Waals surface area (Å²) in [5.74, 6) is 0.877. The van der Waals surface area contributed by atoms with Gasteiger partial charge in [-0.05, 0) is 35.1 Å². The van der Waals surface area contributed by atoms with E-state index in [1.807, 2.05) is 7.05 Å². The van der Waals surface area contributed by atoms with Crippen LogP contribution in [0.25, 0.3) is 0 Å². The van der Waals surface area contributed by atoms with Crippen molar-refractivity contribution < 1.29 is 0 Å². The number of aromatic nitrogens is 3. The molecule has 4 nitrogen and oxygen atoms in total. The van der Waals surface area contributed by atoms with Gasteiger partial charge in [-0.3, -0.25) is 5.10 Å². The van der Waals surface area contributed by atoms with Crippen LogP contribution in [0.2, 0.25) is 0 Å². The third-order valence-corrected chi connectivity index (χ3v) is 3.79. The summed E-state index contributed by atoms with van der Waals surface area (Å²) in [7, 11) is 1.93. The summed E-state index contributed by atoms with van der Waals surface area (Å²) in [4.78, 5) is 5.47. The number of aromatic amines is 1. The van der Waals surface area contributed by atoms with Crippen LogP contribution in [0.15, 0.2) is 22.2 Å². The van der Waals surface area contributed by atoms with Gasteiger partial charge < -0.3 is 5.32 Å². The first-order valence-electron chi connectivity index (χ1n) is 4.56. The van der Waals surface area contributed by atoms with E-state index in [-0.39, 0.29) is 6.04 Å². The summed E-state index contributed by atoms with van der Waals surface area (Å²) in [5.41, 5.74) is 0. The van der Waals surface area contributed by atoms with Crippen molar-refractivity contribution in [3.05, 3.63) is 32.9 Å². The lowest BCUT2D eigenvalue weighted by molar-refractivity contribution is 0.563. The molecule has 2 heterocycles. The van der Waals surface area contributed by atoms with Crippen LogP contribution in [0.1, 0.15) is 16.7 Å². The van der Waals surface area contributed by atoms with Crippen molar-refractivity contribution in [1.29, 1.82) is 0 Å². The number of hydrogen-bond acceptors (Lipinski definition) is 4. The molecule has 0 saturated heterocycles. The molecule has 15 heavy (non-hydrogen) atoms. The zero-order chi connectivity index (χ0) is 10.7. The molecule has 1 unspecified atom stereocenters. The number of halogens is 1. The maximum Gasteiger partial charge on any atom is 0.141 e. The van der Waals surface area contributed by atoms with E-state index in [0.717, 1.165) is 16.0 Å². The van der Waals surface area contributed by atoms with Crippen LogP contribution in [-0.2, 0) is 6.42 Å². The van der Waals surface area contributed by atoms with Crippen molar-refractivity contribution in [2.24, 2.45) is 0 Å². The number of hydrogen-bond donors (Lipinski definition) is 2. The van der Waals surface area contributed by atoms with E-state index in [1.165, 1.54) is 11.2 Å². The first kappa shape index (κ1) is 10.8. The lowest BCUT2D eigenvalue weighted by atomic mass is 10.2. The standard InChI is InChI=1S/C9H11BrN4S/c1-11-7(9-12-5-13-14-9)4-6-2-3-8(10)15-6/h2-3,5,7,11H,4H2,1H3,(H,12,13,14). The molecule has 2 N–H and O–H groups in total. The van der Waals surface area contributed by atoms with Crippen molar-refractivity contribution in [2.75, 3.05) is 7.05 Å². The molecule has 2 aromatic heterocycles. The zero-order valence-electron chi connectivity index (χ0n) is 8.20. The average Bonchev–Trinajstić information content (AvgIpc) is 2.85. The average molecular weight is 287 g/mol. The lowest BCUT2D eigenvalue weighted by Gasteiger charge is -2.11. The predicted octanol–water partition coefficient (Wildman–Crippen LogP) is 2.13. The van der Waals surface area contributed by atoms with Gasteiger partial charge >= 0.3 is 0 Å². The van der Waals surface area contributed by atoms with Gasteiger partial charge in [0.1, 0.15) is 12.2 Å². The van der Waals surface area contributed by atoms with Gasteiger partial charge in [-0.1, -0.05) is 0 Å². The summed E-state index contributed by atoms with van der Waals surface area (Å²) >= 11 is 5.20. The van der Waals surface area contributed by atoms with Crippen LogP contribution in [0.3, 0.4) is 0 Å². The Morgan fingerprint density at radius 3 is 3.00 bits per heavy atom. The Morgan fingerprint density at radius 1 is 1.60 bits per heavy atom. The van der Waals surface area contributed by atoms with E-state index in [0.29, 0.717) is 0 Å². The SMILES string of the molecule is CNC(Cc1ccc(Br)s1)c1ncn[nH]1. The second kappa shape index (κ2) is 4.87. The highest BCUT2D eigenvalue weighted by Crippen LogP contribution is 2.25. The zero-order valence-corrected chi connectivity index (χ0v) is 10.6. The fourth-order valence-corrected chi connectivity index (χ4v) is 2.91. The first-order valence-corrected chi connectivity index (χ1v) is 6.17. The first-order chi connectivity index (χ1) is 7.29. The maximum absolute atomic E-state index is 4.15. The van der Waals surface area contributed by atoms with E-state index in [4.69, 9.17) is 0 Å². The minimum Gasteiger partial charge on any atom is -0.310 e. The Labute approximate surface area is 100 Å². The number of nitrogens with one attached hydrogen (secondary N) is 2. The van der Waals surface area contributed by atoms with Crippen molar-refractivity contribution in [3.8, 4) is 0 Å². The topological polar surface area (TPSA) is 53.6 Å². The summed E-state index contributed by atoms with van der Waals surface area (Å²) in [5, 5.41) is 9.96. The van der Waals surface area contributed by atoms with Crippen molar-refractivity contribution in [3.63, 3.8) is 0 Å². The monoisotopic (exact) mass is 286 g/mol. The normalized spacial score (nSPS) is 12.9. The Morgan fingerprint density at radius 2 is 2.47 bits per heavy atom. The van der Waals surface area contributed by atoms with Crippen LogP contribution in [0.5, 0.6) is 0 Å². The summed E-state index contributed by atoms with van der Waals surface area (Å²) in [6, 6.07) is 4.38. The molecule has 0 bridgehead atoms. The molecule has 2 aromatic rings. The van der Waals surface area contributed by atoms with Crippen molar-refractivity contribution >= 4 is 27.3 Å². The molecule has 80 valence electrons.